The molecule has 2 aromatic rings. The molecular formula is C17H13N3O6. The molecule has 1 heterocycles. The standard InChI is InChI=1S/C17H13N3O6/c1-26-13-8-6-12(7-9-13)19-16(22)15(21)18(17(19)23)10-11-4-2-3-5-14(11)20(24)25/h2-9H,10H2,1H3. The molecule has 1 aliphatic heterocycles. The van der Waals surface area contributed by atoms with E-state index in [0.717, 1.165) is 4.90 Å². The molecule has 0 atom stereocenters. The average Bonchev–Trinajstić information content (AvgIpc) is 2.85. The number of urea groups is 1. The van der Waals surface area contributed by atoms with Crippen molar-refractivity contribution in [2.24, 2.45) is 0 Å². The number of methoxy groups -OCH3 is 1. The second-order valence-corrected chi connectivity index (χ2v) is 5.40. The van der Waals surface area contributed by atoms with Crippen molar-refractivity contribution in [2.75, 3.05) is 12.0 Å². The maximum Gasteiger partial charge on any atom is 0.339 e. The lowest BCUT2D eigenvalue weighted by Crippen LogP contribution is -2.33. The van der Waals surface area contributed by atoms with Gasteiger partial charge in [-0.05, 0) is 24.3 Å². The van der Waals surface area contributed by atoms with Gasteiger partial charge in [-0.25, -0.2) is 9.69 Å². The predicted molar refractivity (Wildman–Crippen MR) is 89.5 cm³/mol. The van der Waals surface area contributed by atoms with Crippen molar-refractivity contribution in [1.82, 2.24) is 4.90 Å². The fourth-order valence-electron chi connectivity index (χ4n) is 2.60. The summed E-state index contributed by atoms with van der Waals surface area (Å²) < 4.78 is 5.01. The van der Waals surface area contributed by atoms with Crippen molar-refractivity contribution >= 4 is 29.2 Å². The molecule has 4 amide bonds. The van der Waals surface area contributed by atoms with Crippen LogP contribution in [-0.2, 0) is 16.1 Å². The van der Waals surface area contributed by atoms with Crippen molar-refractivity contribution in [3.05, 3.63) is 64.2 Å². The minimum Gasteiger partial charge on any atom is -0.497 e. The summed E-state index contributed by atoms with van der Waals surface area (Å²) in [6.07, 6.45) is 0. The third-order valence-corrected chi connectivity index (χ3v) is 3.90. The number of ether oxygens (including phenoxy) is 1. The normalized spacial score (nSPS) is 14.1. The van der Waals surface area contributed by atoms with E-state index in [0.29, 0.717) is 10.6 Å². The van der Waals surface area contributed by atoms with Gasteiger partial charge in [-0.3, -0.25) is 24.6 Å². The van der Waals surface area contributed by atoms with Gasteiger partial charge in [0, 0.05) is 11.6 Å². The van der Waals surface area contributed by atoms with E-state index in [2.05, 4.69) is 0 Å². The van der Waals surface area contributed by atoms with Crippen LogP contribution in [0, 0.1) is 10.1 Å². The number of nitrogens with zero attached hydrogens (tertiary/aromatic N) is 3. The van der Waals surface area contributed by atoms with Gasteiger partial charge < -0.3 is 4.74 Å². The third kappa shape index (κ3) is 2.86. The lowest BCUT2D eigenvalue weighted by molar-refractivity contribution is -0.385. The Morgan fingerprint density at radius 3 is 2.27 bits per heavy atom. The summed E-state index contributed by atoms with van der Waals surface area (Å²) in [5, 5.41) is 11.1. The number of hydrogen-bond acceptors (Lipinski definition) is 6. The summed E-state index contributed by atoms with van der Waals surface area (Å²) in [4.78, 5) is 49.0. The molecule has 1 fully saturated rings. The highest BCUT2D eigenvalue weighted by Gasteiger charge is 2.45. The molecule has 3 rings (SSSR count). The lowest BCUT2D eigenvalue weighted by Gasteiger charge is -2.16. The summed E-state index contributed by atoms with van der Waals surface area (Å²) in [5.74, 6) is -1.53. The summed E-state index contributed by atoms with van der Waals surface area (Å²) in [7, 11) is 1.47. The van der Waals surface area contributed by atoms with E-state index in [4.69, 9.17) is 4.74 Å². The Morgan fingerprint density at radius 1 is 1.00 bits per heavy atom. The SMILES string of the molecule is COc1ccc(N2C(=O)C(=O)N(Cc3ccccc3[N+](=O)[O-])C2=O)cc1. The van der Waals surface area contributed by atoms with Crippen LogP contribution in [0.5, 0.6) is 5.75 Å². The van der Waals surface area contributed by atoms with Crippen molar-refractivity contribution in [3.63, 3.8) is 0 Å². The number of amides is 4. The molecule has 132 valence electrons. The zero-order chi connectivity index (χ0) is 18.8. The first kappa shape index (κ1) is 17.1. The minimum atomic E-state index is -1.04. The van der Waals surface area contributed by atoms with E-state index in [1.54, 1.807) is 18.2 Å². The van der Waals surface area contributed by atoms with Gasteiger partial charge in [0.05, 0.1) is 24.3 Å². The number of benzene rings is 2. The van der Waals surface area contributed by atoms with Crippen LogP contribution >= 0.6 is 0 Å². The molecule has 26 heavy (non-hydrogen) atoms. The van der Waals surface area contributed by atoms with Crippen LogP contribution in [0.3, 0.4) is 0 Å². The highest BCUT2D eigenvalue weighted by Crippen LogP contribution is 2.27. The molecule has 0 spiro atoms. The van der Waals surface area contributed by atoms with E-state index in [-0.39, 0.29) is 23.5 Å². The molecule has 9 heteroatoms. The molecule has 0 unspecified atom stereocenters. The summed E-state index contributed by atoms with van der Waals surface area (Å²) >= 11 is 0. The fraction of sp³-hybridized carbons (Fsp3) is 0.118. The van der Waals surface area contributed by atoms with Crippen LogP contribution in [0.1, 0.15) is 5.56 Å². The summed E-state index contributed by atoms with van der Waals surface area (Å²) in [6, 6.07) is 10.9. The summed E-state index contributed by atoms with van der Waals surface area (Å²) in [6.45, 7) is -0.368. The molecule has 0 bridgehead atoms. The second-order valence-electron chi connectivity index (χ2n) is 5.40. The highest BCUT2D eigenvalue weighted by atomic mass is 16.6. The molecule has 0 radical (unpaired) electrons. The molecule has 1 saturated heterocycles. The van der Waals surface area contributed by atoms with E-state index in [9.17, 15) is 24.5 Å². The minimum absolute atomic E-state index is 0.156. The number of hydrogen-bond donors (Lipinski definition) is 0. The summed E-state index contributed by atoms with van der Waals surface area (Å²) in [5.41, 5.74) is 0.131. The van der Waals surface area contributed by atoms with E-state index in [1.165, 1.54) is 37.4 Å². The number of carbonyl (C=O) groups excluding carboxylic acids is 3. The Labute approximate surface area is 147 Å². The Kier molecular flexibility index (Phi) is 4.36. The molecule has 2 aromatic carbocycles. The number of imide groups is 2. The van der Waals surface area contributed by atoms with E-state index >= 15 is 0 Å². The predicted octanol–water partition coefficient (Wildman–Crippen LogP) is 2.10. The van der Waals surface area contributed by atoms with Gasteiger partial charge in [0.15, 0.2) is 0 Å². The topological polar surface area (TPSA) is 110 Å². The van der Waals surface area contributed by atoms with E-state index in [1.807, 2.05) is 0 Å². The van der Waals surface area contributed by atoms with Gasteiger partial charge in [0.25, 0.3) is 5.69 Å². The van der Waals surface area contributed by atoms with Crippen LogP contribution in [0.15, 0.2) is 48.5 Å². The van der Waals surface area contributed by atoms with Gasteiger partial charge in [-0.15, -0.1) is 0 Å². The molecule has 0 N–H and O–H groups in total. The largest absolute Gasteiger partial charge is 0.497 e. The number of para-hydroxylation sites is 1. The molecule has 9 nitrogen and oxygen atoms in total. The smallest absolute Gasteiger partial charge is 0.339 e. The number of carbonyl (C=O) groups is 3. The Hall–Kier alpha value is -3.75. The average molecular weight is 355 g/mol. The first-order valence-corrected chi connectivity index (χ1v) is 7.50. The Bertz CT molecular complexity index is 909. The number of nitro benzene ring substituents is 1. The first-order chi connectivity index (χ1) is 12.4. The zero-order valence-electron chi connectivity index (χ0n) is 13.6. The van der Waals surface area contributed by atoms with Gasteiger partial charge in [0.2, 0.25) is 0 Å². The number of anilines is 1. The van der Waals surface area contributed by atoms with Gasteiger partial charge >= 0.3 is 17.8 Å². The van der Waals surface area contributed by atoms with Crippen molar-refractivity contribution in [1.29, 1.82) is 0 Å². The van der Waals surface area contributed by atoms with Crippen LogP contribution in [0.25, 0.3) is 0 Å². The second kappa shape index (κ2) is 6.63. The van der Waals surface area contributed by atoms with Gasteiger partial charge in [-0.2, -0.15) is 0 Å². The van der Waals surface area contributed by atoms with Crippen molar-refractivity contribution < 1.29 is 24.0 Å². The monoisotopic (exact) mass is 355 g/mol. The number of rotatable bonds is 5. The highest BCUT2D eigenvalue weighted by molar-refractivity contribution is 6.52. The quantitative estimate of drug-likeness (QED) is 0.351. The number of nitro groups is 1. The maximum absolute atomic E-state index is 12.6. The van der Waals surface area contributed by atoms with Gasteiger partial charge in [0.1, 0.15) is 5.75 Å². The van der Waals surface area contributed by atoms with Crippen LogP contribution in [-0.4, -0.2) is 34.8 Å². The molecule has 0 aliphatic carbocycles. The van der Waals surface area contributed by atoms with Gasteiger partial charge in [-0.1, -0.05) is 18.2 Å². The first-order valence-electron chi connectivity index (χ1n) is 7.50. The fourth-order valence-corrected chi connectivity index (χ4v) is 2.60. The van der Waals surface area contributed by atoms with Crippen LogP contribution in [0.4, 0.5) is 16.2 Å². The maximum atomic E-state index is 12.6. The molecule has 0 aromatic heterocycles. The Morgan fingerprint density at radius 2 is 1.65 bits per heavy atom. The van der Waals surface area contributed by atoms with Crippen LogP contribution < -0.4 is 9.64 Å². The lowest BCUT2D eigenvalue weighted by atomic mass is 10.1. The zero-order valence-corrected chi connectivity index (χ0v) is 13.6. The van der Waals surface area contributed by atoms with Crippen LogP contribution in [0.2, 0.25) is 0 Å². The van der Waals surface area contributed by atoms with Crippen molar-refractivity contribution in [2.45, 2.75) is 6.54 Å². The van der Waals surface area contributed by atoms with E-state index < -0.39 is 22.8 Å². The Balaban J connectivity index is 1.91. The van der Waals surface area contributed by atoms with Crippen molar-refractivity contribution in [3.8, 4) is 5.75 Å². The molecule has 1 aliphatic rings. The molecular weight excluding hydrogens is 342 g/mol. The third-order valence-electron chi connectivity index (χ3n) is 3.90. The molecule has 0 saturated carbocycles.